The Kier molecular flexibility index (Phi) is 8.15. The van der Waals surface area contributed by atoms with Gasteiger partial charge in [-0.25, -0.2) is 4.39 Å². The molecule has 1 saturated heterocycles. The minimum absolute atomic E-state index is 0.0813. The highest BCUT2D eigenvalue weighted by Gasteiger charge is 2.40. The molecular weight excluding hydrogens is 515 g/mol. The van der Waals surface area contributed by atoms with Crippen LogP contribution in [0.3, 0.4) is 0 Å². The number of morpholine rings is 1. The van der Waals surface area contributed by atoms with E-state index in [1.165, 1.54) is 19.1 Å². The Morgan fingerprint density at radius 3 is 1.95 bits per heavy atom. The van der Waals surface area contributed by atoms with Crippen molar-refractivity contribution in [3.63, 3.8) is 0 Å². The monoisotopic (exact) mass is 541 g/mol. The van der Waals surface area contributed by atoms with Crippen molar-refractivity contribution in [3.05, 3.63) is 106 Å². The molecule has 4 atom stereocenters. The molecule has 204 valence electrons. The van der Waals surface area contributed by atoms with Crippen LogP contribution >= 0.6 is 0 Å². The third-order valence-electron chi connectivity index (χ3n) is 6.66. The summed E-state index contributed by atoms with van der Waals surface area (Å²) < 4.78 is 106. The molecule has 4 unspecified atom stereocenters. The van der Waals surface area contributed by atoms with E-state index in [0.717, 1.165) is 5.56 Å². The summed E-state index contributed by atoms with van der Waals surface area (Å²) in [5.41, 5.74) is -1.51. The molecule has 10 heteroatoms. The standard InChI is InChI=1S/C28H26F7NO2/c1-17(19-6-4-3-5-7-19)36-12-13-37-26(25(36)20-8-10-24(29)11-9-20)38-18(2)21-14-22(27(30,31)32)16-23(15-21)28(33,34)35/h3-11,14-18,25-26H,12-13H2,1-2H3. The fraction of sp³-hybridized carbons (Fsp3) is 0.357. The number of nitrogens with zero attached hydrogens (tertiary/aromatic N) is 1. The highest BCUT2D eigenvalue weighted by molar-refractivity contribution is 5.35. The second-order valence-corrected chi connectivity index (χ2v) is 9.18. The molecule has 1 fully saturated rings. The molecule has 1 aliphatic heterocycles. The fourth-order valence-corrected chi connectivity index (χ4v) is 4.63. The van der Waals surface area contributed by atoms with Crippen molar-refractivity contribution in [1.29, 1.82) is 0 Å². The molecule has 0 spiro atoms. The van der Waals surface area contributed by atoms with E-state index < -0.39 is 47.7 Å². The van der Waals surface area contributed by atoms with Crippen molar-refractivity contribution in [2.45, 2.75) is 50.7 Å². The Morgan fingerprint density at radius 1 is 0.816 bits per heavy atom. The zero-order chi connectivity index (χ0) is 27.7. The second-order valence-electron chi connectivity index (χ2n) is 9.18. The number of hydrogen-bond acceptors (Lipinski definition) is 3. The molecule has 3 aromatic carbocycles. The number of rotatable bonds is 6. The topological polar surface area (TPSA) is 21.7 Å². The van der Waals surface area contributed by atoms with Crippen LogP contribution in [0.5, 0.6) is 0 Å². The highest BCUT2D eigenvalue weighted by Crippen LogP contribution is 2.41. The van der Waals surface area contributed by atoms with Crippen molar-refractivity contribution in [1.82, 2.24) is 4.90 Å². The van der Waals surface area contributed by atoms with Gasteiger partial charge in [0, 0.05) is 12.6 Å². The Hall–Kier alpha value is -2.95. The number of benzene rings is 3. The maximum atomic E-state index is 13.7. The van der Waals surface area contributed by atoms with Gasteiger partial charge in [-0.15, -0.1) is 0 Å². The molecule has 0 aromatic heterocycles. The number of alkyl halides is 6. The highest BCUT2D eigenvalue weighted by atomic mass is 19.4. The summed E-state index contributed by atoms with van der Waals surface area (Å²) >= 11 is 0. The largest absolute Gasteiger partial charge is 0.416 e. The second kappa shape index (κ2) is 11.0. The lowest BCUT2D eigenvalue weighted by molar-refractivity contribution is -0.235. The van der Waals surface area contributed by atoms with Gasteiger partial charge >= 0.3 is 12.4 Å². The van der Waals surface area contributed by atoms with Crippen LogP contribution in [-0.2, 0) is 21.8 Å². The molecule has 1 heterocycles. The molecule has 1 aliphatic rings. The summed E-state index contributed by atoms with van der Waals surface area (Å²) in [5.74, 6) is -0.456. The van der Waals surface area contributed by atoms with Gasteiger partial charge in [-0.05, 0) is 60.9 Å². The van der Waals surface area contributed by atoms with Gasteiger partial charge in [0.15, 0.2) is 6.29 Å². The molecule has 4 rings (SSSR count). The first kappa shape index (κ1) is 28.1. The Morgan fingerprint density at radius 2 is 1.39 bits per heavy atom. The Balaban J connectivity index is 1.69. The summed E-state index contributed by atoms with van der Waals surface area (Å²) in [4.78, 5) is 2.07. The molecule has 38 heavy (non-hydrogen) atoms. The molecular formula is C28H26F7NO2. The van der Waals surface area contributed by atoms with E-state index in [0.29, 0.717) is 24.2 Å². The Bertz CT molecular complexity index is 1180. The van der Waals surface area contributed by atoms with Crippen molar-refractivity contribution >= 4 is 0 Å². The van der Waals surface area contributed by atoms with Crippen LogP contribution in [0.1, 0.15) is 59.9 Å². The molecule has 0 bridgehead atoms. The minimum atomic E-state index is -4.98. The van der Waals surface area contributed by atoms with E-state index in [9.17, 15) is 30.7 Å². The minimum Gasteiger partial charge on any atom is -0.349 e. The first-order valence-electron chi connectivity index (χ1n) is 12.0. The van der Waals surface area contributed by atoms with E-state index >= 15 is 0 Å². The first-order valence-corrected chi connectivity index (χ1v) is 12.0. The van der Waals surface area contributed by atoms with Crippen LogP contribution in [0.25, 0.3) is 0 Å². The summed E-state index contributed by atoms with van der Waals surface area (Å²) in [6.45, 7) is 4.02. The fourth-order valence-electron chi connectivity index (χ4n) is 4.63. The lowest BCUT2D eigenvalue weighted by Crippen LogP contribution is -2.47. The average molecular weight is 542 g/mol. The van der Waals surface area contributed by atoms with E-state index in [2.05, 4.69) is 4.90 Å². The quantitative estimate of drug-likeness (QED) is 0.295. The predicted octanol–water partition coefficient (Wildman–Crippen LogP) is 8.10. The van der Waals surface area contributed by atoms with Crippen LogP contribution in [-0.4, -0.2) is 24.3 Å². The number of ether oxygens (including phenoxy) is 2. The molecule has 0 radical (unpaired) electrons. The molecule has 3 aromatic rings. The maximum Gasteiger partial charge on any atom is 0.416 e. The third kappa shape index (κ3) is 6.36. The van der Waals surface area contributed by atoms with E-state index in [1.807, 2.05) is 37.3 Å². The van der Waals surface area contributed by atoms with Gasteiger partial charge in [-0.2, -0.15) is 26.3 Å². The van der Waals surface area contributed by atoms with Gasteiger partial charge in [0.1, 0.15) is 5.82 Å². The lowest BCUT2D eigenvalue weighted by Gasteiger charge is -2.45. The zero-order valence-corrected chi connectivity index (χ0v) is 20.6. The smallest absolute Gasteiger partial charge is 0.349 e. The van der Waals surface area contributed by atoms with E-state index in [1.54, 1.807) is 12.1 Å². The van der Waals surface area contributed by atoms with E-state index in [-0.39, 0.29) is 24.3 Å². The van der Waals surface area contributed by atoms with Crippen LogP contribution in [0.15, 0.2) is 72.8 Å². The van der Waals surface area contributed by atoms with Crippen LogP contribution in [0.4, 0.5) is 30.7 Å². The predicted molar refractivity (Wildman–Crippen MR) is 126 cm³/mol. The van der Waals surface area contributed by atoms with Gasteiger partial charge in [0.2, 0.25) is 0 Å². The van der Waals surface area contributed by atoms with Crippen molar-refractivity contribution in [2.24, 2.45) is 0 Å². The van der Waals surface area contributed by atoms with Gasteiger partial charge in [-0.3, -0.25) is 4.90 Å². The normalized spacial score (nSPS) is 20.8. The third-order valence-corrected chi connectivity index (χ3v) is 6.66. The zero-order valence-electron chi connectivity index (χ0n) is 20.6. The Labute approximate surface area is 215 Å². The molecule has 0 amide bonds. The van der Waals surface area contributed by atoms with Crippen LogP contribution in [0.2, 0.25) is 0 Å². The molecule has 0 aliphatic carbocycles. The lowest BCUT2D eigenvalue weighted by atomic mass is 9.98. The van der Waals surface area contributed by atoms with Gasteiger partial charge in [0.05, 0.1) is 29.9 Å². The summed E-state index contributed by atoms with van der Waals surface area (Å²) in [6, 6.07) is 15.8. The number of hydrogen-bond donors (Lipinski definition) is 0. The first-order chi connectivity index (χ1) is 17.8. The summed E-state index contributed by atoms with van der Waals surface area (Å²) in [7, 11) is 0. The average Bonchev–Trinajstić information content (AvgIpc) is 2.88. The van der Waals surface area contributed by atoms with Crippen LogP contribution in [0, 0.1) is 5.82 Å². The van der Waals surface area contributed by atoms with Crippen LogP contribution < -0.4 is 0 Å². The van der Waals surface area contributed by atoms with Crippen molar-refractivity contribution in [2.75, 3.05) is 13.2 Å². The van der Waals surface area contributed by atoms with Gasteiger partial charge in [-0.1, -0.05) is 42.5 Å². The summed E-state index contributed by atoms with van der Waals surface area (Å²) in [6.07, 6.45) is -12.2. The number of halogens is 7. The van der Waals surface area contributed by atoms with Gasteiger partial charge in [0.25, 0.3) is 0 Å². The SMILES string of the molecule is CC(OC1OCCN(C(C)c2ccccc2)C1c1ccc(F)cc1)c1cc(C(F)(F)F)cc(C(F)(F)F)c1. The van der Waals surface area contributed by atoms with Crippen molar-refractivity contribution < 1.29 is 40.2 Å². The molecule has 3 nitrogen and oxygen atoms in total. The maximum absolute atomic E-state index is 13.7. The van der Waals surface area contributed by atoms with E-state index in [4.69, 9.17) is 9.47 Å². The molecule has 0 N–H and O–H groups in total. The molecule has 0 saturated carbocycles. The summed E-state index contributed by atoms with van der Waals surface area (Å²) in [5, 5.41) is 0. The van der Waals surface area contributed by atoms with Crippen molar-refractivity contribution in [3.8, 4) is 0 Å². The van der Waals surface area contributed by atoms with Gasteiger partial charge < -0.3 is 9.47 Å².